The second kappa shape index (κ2) is 8.78. The van der Waals surface area contributed by atoms with Crippen molar-refractivity contribution in [3.63, 3.8) is 0 Å². The minimum Gasteiger partial charge on any atom is -0.481 e. The summed E-state index contributed by atoms with van der Waals surface area (Å²) in [7, 11) is 1.67. The molecule has 1 aliphatic heterocycles. The van der Waals surface area contributed by atoms with Gasteiger partial charge in [-0.15, -0.1) is 0 Å². The van der Waals surface area contributed by atoms with Crippen molar-refractivity contribution in [2.75, 3.05) is 23.9 Å². The molecule has 0 radical (unpaired) electrons. The lowest BCUT2D eigenvalue weighted by Crippen LogP contribution is -2.43. The number of carbonyl (C=O) groups is 2. The van der Waals surface area contributed by atoms with Gasteiger partial charge in [0.2, 0.25) is 11.9 Å². The molecule has 3 aromatic rings. The van der Waals surface area contributed by atoms with Crippen molar-refractivity contribution in [3.8, 4) is 11.4 Å². The monoisotopic (exact) mass is 541 g/mol. The summed E-state index contributed by atoms with van der Waals surface area (Å²) in [5.74, 6) is 1.12. The topological polar surface area (TPSA) is 114 Å². The molecule has 3 heterocycles. The van der Waals surface area contributed by atoms with Crippen molar-refractivity contribution in [2.45, 2.75) is 52.1 Å². The number of aromatic nitrogens is 4. The van der Waals surface area contributed by atoms with Crippen LogP contribution in [-0.4, -0.2) is 57.3 Å². The fourth-order valence-electron chi connectivity index (χ4n) is 5.03. The lowest BCUT2D eigenvalue weighted by Gasteiger charge is -2.32. The van der Waals surface area contributed by atoms with Gasteiger partial charge in [-0.1, -0.05) is 6.92 Å². The van der Waals surface area contributed by atoms with Crippen molar-refractivity contribution < 1.29 is 14.3 Å². The molecule has 184 valence electrons. The minimum atomic E-state index is -0.393. The SMILES string of the molecule is CNC(=O)[C@]1(C)CC[C@@H](Nc2ncc3c(Br)nn(-c4ccc5c(c4)OCC(=O)N5C(C)C)c3n2)C1. The molecular formula is C24H28BrN7O3. The van der Waals surface area contributed by atoms with Crippen molar-refractivity contribution in [1.82, 2.24) is 25.1 Å². The van der Waals surface area contributed by atoms with Crippen LogP contribution in [0.25, 0.3) is 16.7 Å². The predicted molar refractivity (Wildman–Crippen MR) is 136 cm³/mol. The maximum Gasteiger partial charge on any atom is 0.265 e. The first-order valence-corrected chi connectivity index (χ1v) is 12.5. The third-order valence-electron chi connectivity index (χ3n) is 6.81. The largest absolute Gasteiger partial charge is 0.481 e. The van der Waals surface area contributed by atoms with Gasteiger partial charge in [0.25, 0.3) is 5.91 Å². The molecule has 2 N–H and O–H groups in total. The second-order valence-corrected chi connectivity index (χ2v) is 10.4. The Hall–Kier alpha value is -3.21. The summed E-state index contributed by atoms with van der Waals surface area (Å²) in [5.41, 5.74) is 1.74. The highest BCUT2D eigenvalue weighted by Gasteiger charge is 2.41. The Balaban J connectivity index is 1.46. The first kappa shape index (κ1) is 23.5. The Morgan fingerprint density at radius 1 is 1.34 bits per heavy atom. The zero-order valence-electron chi connectivity index (χ0n) is 20.1. The first-order valence-electron chi connectivity index (χ1n) is 11.7. The summed E-state index contributed by atoms with van der Waals surface area (Å²) < 4.78 is 8.10. The molecule has 1 saturated carbocycles. The highest BCUT2D eigenvalue weighted by Crippen LogP contribution is 2.39. The van der Waals surface area contributed by atoms with Gasteiger partial charge >= 0.3 is 0 Å². The molecule has 2 aromatic heterocycles. The molecule has 1 fully saturated rings. The average Bonchev–Trinajstić information content (AvgIpc) is 3.38. The average molecular weight is 542 g/mol. The molecular weight excluding hydrogens is 514 g/mol. The van der Waals surface area contributed by atoms with Crippen LogP contribution >= 0.6 is 15.9 Å². The van der Waals surface area contributed by atoms with E-state index in [0.717, 1.165) is 29.6 Å². The predicted octanol–water partition coefficient (Wildman–Crippen LogP) is 3.43. The van der Waals surface area contributed by atoms with Gasteiger partial charge < -0.3 is 20.3 Å². The Labute approximate surface area is 211 Å². The number of hydrogen-bond acceptors (Lipinski definition) is 7. The number of benzene rings is 1. The fraction of sp³-hybridized carbons (Fsp3) is 0.458. The minimum absolute atomic E-state index is 0.00475. The molecule has 10 nitrogen and oxygen atoms in total. The number of halogens is 1. The van der Waals surface area contributed by atoms with E-state index in [4.69, 9.17) is 9.72 Å². The number of ether oxygens (including phenoxy) is 1. The molecule has 0 saturated heterocycles. The van der Waals surface area contributed by atoms with Crippen LogP contribution in [0.2, 0.25) is 0 Å². The van der Waals surface area contributed by atoms with Crippen molar-refractivity contribution in [2.24, 2.45) is 5.41 Å². The van der Waals surface area contributed by atoms with Crippen molar-refractivity contribution >= 4 is 50.4 Å². The van der Waals surface area contributed by atoms with Crippen LogP contribution in [0.3, 0.4) is 0 Å². The number of anilines is 2. The number of hydrogen-bond donors (Lipinski definition) is 2. The fourth-order valence-corrected chi connectivity index (χ4v) is 5.47. The van der Waals surface area contributed by atoms with Gasteiger partial charge in [0, 0.05) is 36.8 Å². The maximum absolute atomic E-state index is 12.3. The number of nitrogens with zero attached hydrogens (tertiary/aromatic N) is 5. The lowest BCUT2D eigenvalue weighted by atomic mass is 9.87. The van der Waals surface area contributed by atoms with Crippen LogP contribution in [-0.2, 0) is 9.59 Å². The van der Waals surface area contributed by atoms with Gasteiger partial charge in [0.1, 0.15) is 10.4 Å². The third kappa shape index (κ3) is 4.11. The third-order valence-corrected chi connectivity index (χ3v) is 7.40. The number of fused-ring (bicyclic) bond motifs is 2. The maximum atomic E-state index is 12.3. The van der Waals surface area contributed by atoms with E-state index in [1.165, 1.54) is 0 Å². The van der Waals surface area contributed by atoms with E-state index >= 15 is 0 Å². The molecule has 0 unspecified atom stereocenters. The van der Waals surface area contributed by atoms with E-state index in [2.05, 4.69) is 36.6 Å². The summed E-state index contributed by atoms with van der Waals surface area (Å²) in [6, 6.07) is 5.78. The molecule has 1 aromatic carbocycles. The second-order valence-electron chi connectivity index (χ2n) is 9.66. The number of amides is 2. The van der Waals surface area contributed by atoms with Crippen LogP contribution in [0, 0.1) is 5.41 Å². The van der Waals surface area contributed by atoms with Gasteiger partial charge in [-0.2, -0.15) is 10.1 Å². The molecule has 0 bridgehead atoms. The Morgan fingerprint density at radius 2 is 2.14 bits per heavy atom. The van der Waals surface area contributed by atoms with Gasteiger partial charge in [-0.3, -0.25) is 9.59 Å². The molecule has 2 atom stereocenters. The van der Waals surface area contributed by atoms with Gasteiger partial charge in [-0.25, -0.2) is 9.67 Å². The van der Waals surface area contributed by atoms with E-state index in [0.29, 0.717) is 28.4 Å². The van der Waals surface area contributed by atoms with Gasteiger partial charge in [0.05, 0.1) is 16.8 Å². The highest BCUT2D eigenvalue weighted by molar-refractivity contribution is 9.10. The smallest absolute Gasteiger partial charge is 0.265 e. The summed E-state index contributed by atoms with van der Waals surface area (Å²) in [4.78, 5) is 35.6. The van der Waals surface area contributed by atoms with E-state index in [1.54, 1.807) is 22.8 Å². The molecule has 5 rings (SSSR count). The number of carbonyl (C=O) groups excluding carboxylic acids is 2. The summed E-state index contributed by atoms with van der Waals surface area (Å²) >= 11 is 3.52. The normalized spacial score (nSPS) is 21.8. The van der Waals surface area contributed by atoms with E-state index in [-0.39, 0.29) is 30.5 Å². The molecule has 1 aliphatic carbocycles. The molecule has 11 heteroatoms. The van der Waals surface area contributed by atoms with Crippen LogP contribution in [0.5, 0.6) is 5.75 Å². The van der Waals surface area contributed by atoms with Crippen LogP contribution in [0.1, 0.15) is 40.0 Å². The zero-order valence-corrected chi connectivity index (χ0v) is 21.7. The zero-order chi connectivity index (χ0) is 24.9. The summed E-state index contributed by atoms with van der Waals surface area (Å²) in [6.07, 6.45) is 4.12. The highest BCUT2D eigenvalue weighted by atomic mass is 79.9. The molecule has 35 heavy (non-hydrogen) atoms. The lowest BCUT2D eigenvalue weighted by molar-refractivity contribution is -0.129. The van der Waals surface area contributed by atoms with Gasteiger partial charge in [-0.05, 0) is 61.2 Å². The number of nitrogens with one attached hydrogen (secondary N) is 2. The van der Waals surface area contributed by atoms with E-state index in [1.807, 2.05) is 39.0 Å². The standard InChI is InChI=1S/C24H28BrN7O3/c1-13(2)31-17-6-5-15(9-18(17)35-12-19(31)33)32-21-16(20(25)30-32)11-27-23(29-21)28-14-7-8-24(3,10-14)22(34)26-4/h5-6,9,11,13-14H,7-8,10,12H2,1-4H3,(H,26,34)(H,27,28,29)/t14-,24-/m1/s1. The van der Waals surface area contributed by atoms with Crippen molar-refractivity contribution in [3.05, 3.63) is 29.0 Å². The quantitative estimate of drug-likeness (QED) is 0.508. The van der Waals surface area contributed by atoms with Crippen LogP contribution < -0.4 is 20.3 Å². The summed E-state index contributed by atoms with van der Waals surface area (Å²) in [6.45, 7) is 5.96. The van der Waals surface area contributed by atoms with Crippen LogP contribution in [0.4, 0.5) is 11.6 Å². The molecule has 2 amide bonds. The van der Waals surface area contributed by atoms with Crippen LogP contribution in [0.15, 0.2) is 29.0 Å². The van der Waals surface area contributed by atoms with E-state index < -0.39 is 5.41 Å². The van der Waals surface area contributed by atoms with Crippen molar-refractivity contribution in [1.29, 1.82) is 0 Å². The molecule has 0 spiro atoms. The Bertz CT molecular complexity index is 1320. The first-order chi connectivity index (χ1) is 16.7. The molecule has 2 aliphatic rings. The Morgan fingerprint density at radius 3 is 2.89 bits per heavy atom. The Kier molecular flexibility index (Phi) is 5.90. The number of rotatable bonds is 5. The van der Waals surface area contributed by atoms with E-state index in [9.17, 15) is 9.59 Å². The van der Waals surface area contributed by atoms with Gasteiger partial charge in [0.15, 0.2) is 12.3 Å². The summed E-state index contributed by atoms with van der Waals surface area (Å²) in [5, 5.41) is 11.6.